The van der Waals surface area contributed by atoms with Gasteiger partial charge in [0.15, 0.2) is 0 Å². The number of carbonyl (C=O) groups is 1. The minimum Gasteiger partial charge on any atom is -0.293 e. The molecule has 82 valence electrons. The van der Waals surface area contributed by atoms with Gasteiger partial charge in [0.2, 0.25) is 0 Å². The third-order valence-corrected chi connectivity index (χ3v) is 3.58. The van der Waals surface area contributed by atoms with Crippen molar-refractivity contribution in [2.75, 3.05) is 24.6 Å². The van der Waals surface area contributed by atoms with Crippen LogP contribution >= 0.6 is 11.8 Å². The molecule has 0 saturated carbocycles. The Morgan fingerprint density at radius 2 is 2.36 bits per heavy atom. The third-order valence-electron chi connectivity index (χ3n) is 2.53. The fourth-order valence-electron chi connectivity index (χ4n) is 1.78. The zero-order valence-electron chi connectivity index (χ0n) is 8.66. The van der Waals surface area contributed by atoms with E-state index in [0.717, 1.165) is 25.3 Å². The molecule has 1 atom stereocenters. The number of nitrogens with zero attached hydrogens (tertiary/aromatic N) is 1. The van der Waals surface area contributed by atoms with E-state index in [4.69, 9.17) is 5.84 Å². The van der Waals surface area contributed by atoms with Crippen molar-refractivity contribution < 1.29 is 4.79 Å². The van der Waals surface area contributed by atoms with Crippen molar-refractivity contribution in [2.45, 2.75) is 25.8 Å². The lowest BCUT2D eigenvalue weighted by Crippen LogP contribution is -2.49. The normalized spacial score (nSPS) is 21.3. The maximum Gasteiger partial charge on any atom is 0.251 e. The summed E-state index contributed by atoms with van der Waals surface area (Å²) in [7, 11) is 0. The molecule has 0 aromatic carbocycles. The van der Waals surface area contributed by atoms with E-state index in [1.54, 1.807) is 0 Å². The average Bonchev–Trinajstić information content (AvgIpc) is 2.47. The van der Waals surface area contributed by atoms with Crippen LogP contribution in [-0.4, -0.2) is 41.4 Å². The van der Waals surface area contributed by atoms with Crippen molar-refractivity contribution in [1.82, 2.24) is 10.3 Å². The van der Waals surface area contributed by atoms with E-state index in [9.17, 15) is 4.79 Å². The Balaban J connectivity index is 2.52. The minimum atomic E-state index is -0.0561. The second kappa shape index (κ2) is 6.27. The zero-order chi connectivity index (χ0) is 10.4. The molecule has 14 heavy (non-hydrogen) atoms. The Labute approximate surface area is 89.6 Å². The van der Waals surface area contributed by atoms with Crippen molar-refractivity contribution in [1.29, 1.82) is 0 Å². The smallest absolute Gasteiger partial charge is 0.251 e. The molecule has 1 unspecified atom stereocenters. The molecule has 0 bridgehead atoms. The predicted octanol–water partition coefficient (Wildman–Crippen LogP) is 0.194. The Hall–Kier alpha value is -0.260. The molecule has 1 amide bonds. The lowest BCUT2D eigenvalue weighted by atomic mass is 10.1. The van der Waals surface area contributed by atoms with Crippen molar-refractivity contribution in [3.8, 4) is 0 Å². The number of hydrogen-bond donors (Lipinski definition) is 2. The van der Waals surface area contributed by atoms with Crippen LogP contribution in [-0.2, 0) is 4.79 Å². The number of thioether (sulfide) groups is 1. The van der Waals surface area contributed by atoms with Crippen LogP contribution < -0.4 is 11.3 Å². The highest BCUT2D eigenvalue weighted by Gasteiger charge is 2.23. The van der Waals surface area contributed by atoms with E-state index in [1.165, 1.54) is 12.2 Å². The molecular weight excluding hydrogens is 198 g/mol. The molecular formula is C9H19N3OS. The number of amides is 1. The van der Waals surface area contributed by atoms with Gasteiger partial charge in [-0.1, -0.05) is 6.92 Å². The van der Waals surface area contributed by atoms with Gasteiger partial charge in [0.25, 0.3) is 5.91 Å². The van der Waals surface area contributed by atoms with E-state index in [-0.39, 0.29) is 11.9 Å². The summed E-state index contributed by atoms with van der Waals surface area (Å²) in [5.74, 6) is 7.43. The molecule has 1 heterocycles. The summed E-state index contributed by atoms with van der Waals surface area (Å²) in [6, 6.07) is -0.0429. The molecule has 0 aliphatic carbocycles. The van der Waals surface area contributed by atoms with Gasteiger partial charge in [0, 0.05) is 12.3 Å². The van der Waals surface area contributed by atoms with Gasteiger partial charge in [0.05, 0.1) is 6.04 Å². The standard InChI is InChI=1S/C9H19N3OS/c1-2-8(9(13)11-10)12-4-3-6-14-7-5-12/h8H,2-7,10H2,1H3,(H,11,13). The molecule has 0 aromatic heterocycles. The highest BCUT2D eigenvalue weighted by atomic mass is 32.2. The number of nitrogens with two attached hydrogens (primary N) is 1. The Bertz CT molecular complexity index is 181. The van der Waals surface area contributed by atoms with Crippen molar-refractivity contribution in [3.05, 3.63) is 0 Å². The topological polar surface area (TPSA) is 58.4 Å². The molecule has 1 rings (SSSR count). The van der Waals surface area contributed by atoms with E-state index in [0.29, 0.717) is 0 Å². The molecule has 1 saturated heterocycles. The van der Waals surface area contributed by atoms with Crippen LogP contribution in [0.3, 0.4) is 0 Å². The average molecular weight is 217 g/mol. The molecule has 1 aliphatic heterocycles. The van der Waals surface area contributed by atoms with Gasteiger partial charge in [-0.2, -0.15) is 11.8 Å². The van der Waals surface area contributed by atoms with Crippen LogP contribution in [0.5, 0.6) is 0 Å². The van der Waals surface area contributed by atoms with Crippen molar-refractivity contribution >= 4 is 17.7 Å². The maximum absolute atomic E-state index is 11.5. The summed E-state index contributed by atoms with van der Waals surface area (Å²) < 4.78 is 0. The Morgan fingerprint density at radius 1 is 1.57 bits per heavy atom. The molecule has 0 aromatic rings. The van der Waals surface area contributed by atoms with Gasteiger partial charge >= 0.3 is 0 Å². The van der Waals surface area contributed by atoms with Gasteiger partial charge in [-0.3, -0.25) is 15.1 Å². The SMILES string of the molecule is CCC(C(=O)NN)N1CCCSCC1. The summed E-state index contributed by atoms with van der Waals surface area (Å²) in [5.41, 5.74) is 2.25. The van der Waals surface area contributed by atoms with Crippen LogP contribution in [0.25, 0.3) is 0 Å². The van der Waals surface area contributed by atoms with E-state index < -0.39 is 0 Å². The summed E-state index contributed by atoms with van der Waals surface area (Å²) in [6.07, 6.45) is 1.99. The fourth-order valence-corrected chi connectivity index (χ4v) is 2.68. The lowest BCUT2D eigenvalue weighted by Gasteiger charge is -2.27. The molecule has 4 nitrogen and oxygen atoms in total. The Kier molecular flexibility index (Phi) is 5.29. The lowest BCUT2D eigenvalue weighted by molar-refractivity contribution is -0.126. The first-order valence-corrected chi connectivity index (χ1v) is 6.27. The molecule has 0 spiro atoms. The molecule has 1 aliphatic rings. The fraction of sp³-hybridized carbons (Fsp3) is 0.889. The van der Waals surface area contributed by atoms with Gasteiger partial charge in [-0.25, -0.2) is 5.84 Å². The van der Waals surface area contributed by atoms with Crippen LogP contribution in [0.4, 0.5) is 0 Å². The highest BCUT2D eigenvalue weighted by Crippen LogP contribution is 2.14. The molecule has 1 fully saturated rings. The number of carbonyl (C=O) groups excluding carboxylic acids is 1. The second-order valence-corrected chi connectivity index (χ2v) is 4.66. The summed E-state index contributed by atoms with van der Waals surface area (Å²) in [5, 5.41) is 0. The highest BCUT2D eigenvalue weighted by molar-refractivity contribution is 7.99. The van der Waals surface area contributed by atoms with Crippen molar-refractivity contribution in [3.63, 3.8) is 0 Å². The first kappa shape index (κ1) is 11.8. The molecule has 0 radical (unpaired) electrons. The molecule has 5 heteroatoms. The quantitative estimate of drug-likeness (QED) is 0.403. The summed E-state index contributed by atoms with van der Waals surface area (Å²) >= 11 is 1.96. The maximum atomic E-state index is 11.5. The first-order chi connectivity index (χ1) is 6.79. The summed E-state index contributed by atoms with van der Waals surface area (Å²) in [4.78, 5) is 13.7. The summed E-state index contributed by atoms with van der Waals surface area (Å²) in [6.45, 7) is 4.04. The predicted molar refractivity (Wildman–Crippen MR) is 59.9 cm³/mol. The van der Waals surface area contributed by atoms with Crippen LogP contribution in [0.2, 0.25) is 0 Å². The number of hydrazine groups is 1. The van der Waals surface area contributed by atoms with Gasteiger partial charge < -0.3 is 0 Å². The Morgan fingerprint density at radius 3 is 3.00 bits per heavy atom. The minimum absolute atomic E-state index is 0.0429. The van der Waals surface area contributed by atoms with Crippen LogP contribution in [0.1, 0.15) is 19.8 Å². The van der Waals surface area contributed by atoms with Gasteiger partial charge in [0.1, 0.15) is 0 Å². The second-order valence-electron chi connectivity index (χ2n) is 3.43. The van der Waals surface area contributed by atoms with Crippen molar-refractivity contribution in [2.24, 2.45) is 5.84 Å². The number of hydrogen-bond acceptors (Lipinski definition) is 4. The monoisotopic (exact) mass is 217 g/mol. The number of rotatable bonds is 3. The zero-order valence-corrected chi connectivity index (χ0v) is 9.48. The first-order valence-electron chi connectivity index (χ1n) is 5.11. The van der Waals surface area contributed by atoms with Gasteiger partial charge in [-0.15, -0.1) is 0 Å². The van der Waals surface area contributed by atoms with Crippen LogP contribution in [0.15, 0.2) is 0 Å². The van der Waals surface area contributed by atoms with E-state index in [2.05, 4.69) is 10.3 Å². The third kappa shape index (κ3) is 3.15. The van der Waals surface area contributed by atoms with Crippen LogP contribution in [0, 0.1) is 0 Å². The van der Waals surface area contributed by atoms with Gasteiger partial charge in [-0.05, 0) is 25.1 Å². The molecule has 3 N–H and O–H groups in total. The van der Waals surface area contributed by atoms with E-state index in [1.807, 2.05) is 18.7 Å². The number of nitrogens with one attached hydrogen (secondary N) is 1. The largest absolute Gasteiger partial charge is 0.293 e. The van der Waals surface area contributed by atoms with E-state index >= 15 is 0 Å².